The number of benzene rings is 1. The van der Waals surface area contributed by atoms with E-state index >= 15 is 0 Å². The maximum absolute atomic E-state index is 3.69. The van der Waals surface area contributed by atoms with Crippen LogP contribution in [0.3, 0.4) is 0 Å². The molecule has 0 saturated heterocycles. The van der Waals surface area contributed by atoms with E-state index < -0.39 is 0 Å². The third-order valence-corrected chi connectivity index (χ3v) is 2.38. The minimum Gasteiger partial charge on any atom is -0.0984 e. The van der Waals surface area contributed by atoms with Crippen molar-refractivity contribution < 1.29 is 0 Å². The lowest BCUT2D eigenvalue weighted by Gasteiger charge is -2.02. The van der Waals surface area contributed by atoms with Gasteiger partial charge in [0.05, 0.1) is 0 Å². The molecule has 0 radical (unpaired) electrons. The first-order chi connectivity index (χ1) is 6.38. The molecule has 72 valence electrons. The van der Waals surface area contributed by atoms with E-state index in [-0.39, 0.29) is 0 Å². The largest absolute Gasteiger partial charge is 0.0984 e. The molecule has 0 fully saturated rings. The molecular formula is C12H18S. The van der Waals surface area contributed by atoms with Crippen LogP contribution in [0.25, 0.3) is 0 Å². The van der Waals surface area contributed by atoms with Gasteiger partial charge in [-0.15, -0.1) is 0 Å². The summed E-state index contributed by atoms with van der Waals surface area (Å²) >= 11 is 1.69. The molecule has 13 heavy (non-hydrogen) atoms. The van der Waals surface area contributed by atoms with Gasteiger partial charge in [-0.1, -0.05) is 57.3 Å². The topological polar surface area (TPSA) is 0 Å². The molecule has 1 aromatic rings. The Labute approximate surface area is 86.1 Å². The van der Waals surface area contributed by atoms with Gasteiger partial charge in [-0.25, -0.2) is 0 Å². The third kappa shape index (κ3) is 4.18. The molecule has 0 aliphatic heterocycles. The van der Waals surface area contributed by atoms with Gasteiger partial charge in [0.1, 0.15) is 0 Å². The van der Waals surface area contributed by atoms with Crippen LogP contribution in [0.5, 0.6) is 0 Å². The molecule has 0 nitrogen and oxygen atoms in total. The Morgan fingerprint density at radius 3 is 2.46 bits per heavy atom. The molecule has 0 heterocycles. The lowest BCUT2D eigenvalue weighted by Crippen LogP contribution is -1.81. The fraction of sp³-hybridized carbons (Fsp3) is 0.333. The summed E-state index contributed by atoms with van der Waals surface area (Å²) in [5, 5.41) is 1.87. The molecule has 0 saturated carbocycles. The molecule has 0 N–H and O–H groups in total. The van der Waals surface area contributed by atoms with E-state index in [2.05, 4.69) is 37.8 Å². The Kier molecular flexibility index (Phi) is 7.51. The van der Waals surface area contributed by atoms with E-state index in [0.717, 1.165) is 6.42 Å². The van der Waals surface area contributed by atoms with Gasteiger partial charge in [0.15, 0.2) is 0 Å². The lowest BCUT2D eigenvalue weighted by atomic mass is 10.2. The summed E-state index contributed by atoms with van der Waals surface area (Å²) < 4.78 is 0. The second-order valence-corrected chi connectivity index (χ2v) is 3.25. The number of rotatable bonds is 3. The zero-order valence-corrected chi connectivity index (χ0v) is 9.53. The van der Waals surface area contributed by atoms with Gasteiger partial charge >= 0.3 is 0 Å². The van der Waals surface area contributed by atoms with Crippen molar-refractivity contribution in [3.05, 3.63) is 41.8 Å². The average molecular weight is 194 g/mol. The summed E-state index contributed by atoms with van der Waals surface area (Å²) in [6, 6.07) is 8.42. The molecule has 0 aliphatic carbocycles. The van der Waals surface area contributed by atoms with Crippen molar-refractivity contribution in [3.63, 3.8) is 0 Å². The fourth-order valence-corrected chi connectivity index (χ4v) is 1.70. The van der Waals surface area contributed by atoms with Crippen LogP contribution in [-0.2, 0) is 6.42 Å². The maximum atomic E-state index is 3.69. The van der Waals surface area contributed by atoms with Crippen LogP contribution in [0.1, 0.15) is 26.3 Å². The Hall–Kier alpha value is -0.690. The van der Waals surface area contributed by atoms with Crippen molar-refractivity contribution in [1.82, 2.24) is 0 Å². The predicted molar refractivity (Wildman–Crippen MR) is 63.2 cm³/mol. The van der Waals surface area contributed by atoms with Crippen molar-refractivity contribution in [2.75, 3.05) is 0 Å². The smallest absolute Gasteiger partial charge is 0.0148 e. The van der Waals surface area contributed by atoms with Crippen molar-refractivity contribution in [2.24, 2.45) is 0 Å². The van der Waals surface area contributed by atoms with E-state index in [0.29, 0.717) is 0 Å². The lowest BCUT2D eigenvalue weighted by molar-refractivity contribution is 1.08. The zero-order valence-electron chi connectivity index (χ0n) is 8.71. The Balaban J connectivity index is 0.000000671. The van der Waals surface area contributed by atoms with Crippen molar-refractivity contribution in [3.8, 4) is 0 Å². The van der Waals surface area contributed by atoms with E-state index in [1.54, 1.807) is 11.8 Å². The first-order valence-corrected chi connectivity index (χ1v) is 5.62. The van der Waals surface area contributed by atoms with Crippen LogP contribution < -0.4 is 0 Å². The van der Waals surface area contributed by atoms with Gasteiger partial charge in [-0.05, 0) is 23.5 Å². The molecular weight excluding hydrogens is 176 g/mol. The number of aryl methyl sites for hydroxylation is 1. The highest BCUT2D eigenvalue weighted by atomic mass is 32.2. The summed E-state index contributed by atoms with van der Waals surface area (Å²) in [6.07, 6.45) is 1.09. The SMILES string of the molecule is C=CSc1ccccc1CC.CC. The van der Waals surface area contributed by atoms with Gasteiger partial charge in [0, 0.05) is 4.90 Å². The first-order valence-electron chi connectivity index (χ1n) is 4.74. The van der Waals surface area contributed by atoms with Crippen molar-refractivity contribution in [2.45, 2.75) is 32.1 Å². The molecule has 0 bridgehead atoms. The molecule has 0 spiro atoms. The zero-order chi connectivity index (χ0) is 10.1. The van der Waals surface area contributed by atoms with E-state index in [1.165, 1.54) is 10.5 Å². The molecule has 1 aromatic carbocycles. The first kappa shape index (κ1) is 12.3. The summed E-state index contributed by atoms with van der Waals surface area (Å²) in [6.45, 7) is 9.86. The highest BCUT2D eigenvalue weighted by molar-refractivity contribution is 8.02. The van der Waals surface area contributed by atoms with Crippen LogP contribution >= 0.6 is 11.8 Å². The van der Waals surface area contributed by atoms with Gasteiger partial charge in [-0.3, -0.25) is 0 Å². The Morgan fingerprint density at radius 1 is 1.31 bits per heavy atom. The highest BCUT2D eigenvalue weighted by Gasteiger charge is 1.95. The summed E-state index contributed by atoms with van der Waals surface area (Å²) in [5.74, 6) is 0. The van der Waals surface area contributed by atoms with Gasteiger partial charge in [-0.2, -0.15) is 0 Å². The van der Waals surface area contributed by atoms with Crippen LogP contribution in [-0.4, -0.2) is 0 Å². The molecule has 1 heteroatoms. The fourth-order valence-electron chi connectivity index (χ4n) is 1.00. The predicted octanol–water partition coefficient (Wildman–Crippen LogP) is 4.51. The number of hydrogen-bond donors (Lipinski definition) is 0. The van der Waals surface area contributed by atoms with E-state index in [1.807, 2.05) is 19.3 Å². The highest BCUT2D eigenvalue weighted by Crippen LogP contribution is 2.22. The molecule has 0 aliphatic rings. The molecule has 1 rings (SSSR count). The monoisotopic (exact) mass is 194 g/mol. The molecule has 0 aromatic heterocycles. The quantitative estimate of drug-likeness (QED) is 0.638. The van der Waals surface area contributed by atoms with Gasteiger partial charge in [0.2, 0.25) is 0 Å². The minimum absolute atomic E-state index is 1.09. The average Bonchev–Trinajstić information content (AvgIpc) is 2.22. The molecule has 0 unspecified atom stereocenters. The minimum atomic E-state index is 1.09. The van der Waals surface area contributed by atoms with Crippen LogP contribution in [0.2, 0.25) is 0 Å². The molecule has 0 amide bonds. The van der Waals surface area contributed by atoms with Crippen molar-refractivity contribution in [1.29, 1.82) is 0 Å². The normalized spacial score (nSPS) is 8.54. The summed E-state index contributed by atoms with van der Waals surface area (Å²) in [5.41, 5.74) is 1.40. The van der Waals surface area contributed by atoms with Gasteiger partial charge < -0.3 is 0 Å². The van der Waals surface area contributed by atoms with Crippen LogP contribution in [0.4, 0.5) is 0 Å². The second kappa shape index (κ2) is 7.93. The number of thioether (sulfide) groups is 1. The number of hydrogen-bond acceptors (Lipinski definition) is 1. The van der Waals surface area contributed by atoms with Gasteiger partial charge in [0.25, 0.3) is 0 Å². The Bertz CT molecular complexity index is 241. The van der Waals surface area contributed by atoms with E-state index in [9.17, 15) is 0 Å². The third-order valence-electron chi connectivity index (χ3n) is 1.56. The Morgan fingerprint density at radius 2 is 1.92 bits per heavy atom. The van der Waals surface area contributed by atoms with Crippen LogP contribution in [0, 0.1) is 0 Å². The van der Waals surface area contributed by atoms with Crippen molar-refractivity contribution >= 4 is 11.8 Å². The van der Waals surface area contributed by atoms with E-state index in [4.69, 9.17) is 0 Å². The van der Waals surface area contributed by atoms with Crippen LogP contribution in [0.15, 0.2) is 41.1 Å². The second-order valence-electron chi connectivity index (χ2n) is 2.25. The standard InChI is InChI=1S/C10H12S.C2H6/c1-3-9-7-5-6-8-10(9)11-4-2;1-2/h4-8H,2-3H2,1H3;1-2H3. The molecule has 0 atom stereocenters. The summed E-state index contributed by atoms with van der Waals surface area (Å²) in [7, 11) is 0. The maximum Gasteiger partial charge on any atom is 0.0148 e. The summed E-state index contributed by atoms with van der Waals surface area (Å²) in [4.78, 5) is 1.32.